The highest BCUT2D eigenvalue weighted by atomic mass is 35.5. The van der Waals surface area contributed by atoms with Crippen LogP contribution in [-0.2, 0) is 17.8 Å². The Morgan fingerprint density at radius 3 is 2.35 bits per heavy atom. The van der Waals surface area contributed by atoms with Crippen LogP contribution in [-0.4, -0.2) is 28.4 Å². The van der Waals surface area contributed by atoms with Gasteiger partial charge in [0.1, 0.15) is 5.82 Å². The number of aromatic nitrogens is 1. The van der Waals surface area contributed by atoms with Gasteiger partial charge < -0.3 is 10.6 Å². The van der Waals surface area contributed by atoms with Gasteiger partial charge in [-0.25, -0.2) is 4.39 Å². The molecule has 0 fully saturated rings. The smallest absolute Gasteiger partial charge is 0.227 e. The lowest BCUT2D eigenvalue weighted by Crippen LogP contribution is -2.42. The lowest BCUT2D eigenvalue weighted by atomic mass is 10.0. The minimum Gasteiger partial charge on any atom is -0.338 e. The second-order valence-corrected chi connectivity index (χ2v) is 6.11. The molecule has 4 nitrogen and oxygen atoms in total. The standard InChI is InChI=1S/C19H24FN3O.2ClH/c1-14(15(2)21)19(24)23(12-10-18-5-3-4-11-22-18)13-16-6-8-17(20)9-7-16;;/h3-9,11,14-15H,10,12-13,21H2,1-2H3;2*1H. The van der Waals surface area contributed by atoms with Gasteiger partial charge in [0.05, 0.1) is 5.92 Å². The summed E-state index contributed by atoms with van der Waals surface area (Å²) in [4.78, 5) is 18.8. The van der Waals surface area contributed by atoms with Crippen LogP contribution in [0.1, 0.15) is 25.1 Å². The van der Waals surface area contributed by atoms with E-state index in [1.807, 2.05) is 32.0 Å². The van der Waals surface area contributed by atoms with E-state index in [1.54, 1.807) is 23.2 Å². The minimum atomic E-state index is -0.283. The van der Waals surface area contributed by atoms with Crippen molar-refractivity contribution in [1.82, 2.24) is 9.88 Å². The fourth-order valence-corrected chi connectivity index (χ4v) is 2.39. The first-order valence-corrected chi connectivity index (χ1v) is 8.16. The van der Waals surface area contributed by atoms with Crippen LogP contribution in [0.15, 0.2) is 48.7 Å². The monoisotopic (exact) mass is 401 g/mol. The van der Waals surface area contributed by atoms with E-state index in [0.717, 1.165) is 11.3 Å². The summed E-state index contributed by atoms with van der Waals surface area (Å²) in [7, 11) is 0. The molecule has 7 heteroatoms. The molecule has 0 aliphatic carbocycles. The predicted octanol–water partition coefficient (Wildman–Crippen LogP) is 3.62. The Morgan fingerprint density at radius 1 is 1.15 bits per heavy atom. The Balaban J connectivity index is 0.00000312. The van der Waals surface area contributed by atoms with E-state index >= 15 is 0 Å². The fourth-order valence-electron chi connectivity index (χ4n) is 2.39. The molecule has 0 radical (unpaired) electrons. The Bertz CT molecular complexity index is 654. The van der Waals surface area contributed by atoms with Crippen molar-refractivity contribution in [1.29, 1.82) is 0 Å². The van der Waals surface area contributed by atoms with E-state index < -0.39 is 0 Å². The molecule has 0 saturated carbocycles. The summed E-state index contributed by atoms with van der Waals surface area (Å²) in [6.45, 7) is 4.65. The Kier molecular flexibility index (Phi) is 11.1. The number of hydrogen-bond donors (Lipinski definition) is 1. The number of carbonyl (C=O) groups excluding carboxylic acids is 1. The van der Waals surface area contributed by atoms with Gasteiger partial charge in [0.2, 0.25) is 5.91 Å². The van der Waals surface area contributed by atoms with Crippen LogP contribution in [0.25, 0.3) is 0 Å². The van der Waals surface area contributed by atoms with Crippen LogP contribution >= 0.6 is 24.8 Å². The number of rotatable bonds is 7. The van der Waals surface area contributed by atoms with Gasteiger partial charge in [-0.1, -0.05) is 25.1 Å². The number of nitrogens with zero attached hydrogens (tertiary/aromatic N) is 2. The van der Waals surface area contributed by atoms with Crippen molar-refractivity contribution in [3.63, 3.8) is 0 Å². The van der Waals surface area contributed by atoms with Crippen LogP contribution in [0.5, 0.6) is 0 Å². The molecule has 144 valence electrons. The molecule has 2 unspecified atom stereocenters. The van der Waals surface area contributed by atoms with Crippen LogP contribution < -0.4 is 5.73 Å². The topological polar surface area (TPSA) is 59.2 Å². The molecule has 2 atom stereocenters. The molecule has 1 heterocycles. The number of amides is 1. The van der Waals surface area contributed by atoms with Crippen LogP contribution in [0.4, 0.5) is 4.39 Å². The van der Waals surface area contributed by atoms with Crippen molar-refractivity contribution in [3.8, 4) is 0 Å². The zero-order valence-electron chi connectivity index (χ0n) is 15.0. The van der Waals surface area contributed by atoms with E-state index in [2.05, 4.69) is 4.98 Å². The summed E-state index contributed by atoms with van der Waals surface area (Å²) < 4.78 is 13.1. The average Bonchev–Trinajstić information content (AvgIpc) is 2.59. The summed E-state index contributed by atoms with van der Waals surface area (Å²) in [5, 5.41) is 0. The summed E-state index contributed by atoms with van der Waals surface area (Å²) >= 11 is 0. The normalized spacial score (nSPS) is 12.3. The second kappa shape index (κ2) is 11.8. The van der Waals surface area contributed by atoms with Gasteiger partial charge in [-0.15, -0.1) is 24.8 Å². The molecule has 1 aromatic carbocycles. The van der Waals surface area contributed by atoms with Gasteiger partial charge in [0.25, 0.3) is 0 Å². The number of halogens is 3. The highest BCUT2D eigenvalue weighted by Crippen LogP contribution is 2.13. The molecule has 0 bridgehead atoms. The molecular weight excluding hydrogens is 376 g/mol. The number of benzene rings is 1. The van der Waals surface area contributed by atoms with Gasteiger partial charge in [-0.05, 0) is 36.8 Å². The summed E-state index contributed by atoms with van der Waals surface area (Å²) in [5.74, 6) is -0.548. The zero-order valence-corrected chi connectivity index (χ0v) is 16.6. The zero-order chi connectivity index (χ0) is 17.5. The SMILES string of the molecule is CC(N)C(C)C(=O)N(CCc1ccccn1)Cc1ccc(F)cc1.Cl.Cl. The van der Waals surface area contributed by atoms with Gasteiger partial charge in [0.15, 0.2) is 0 Å². The largest absolute Gasteiger partial charge is 0.338 e. The first-order valence-electron chi connectivity index (χ1n) is 8.16. The second-order valence-electron chi connectivity index (χ2n) is 6.11. The quantitative estimate of drug-likeness (QED) is 0.770. The predicted molar refractivity (Wildman–Crippen MR) is 107 cm³/mol. The van der Waals surface area contributed by atoms with Gasteiger partial charge in [-0.2, -0.15) is 0 Å². The highest BCUT2D eigenvalue weighted by Gasteiger charge is 2.23. The lowest BCUT2D eigenvalue weighted by molar-refractivity contribution is -0.136. The number of pyridine rings is 1. The van der Waals surface area contributed by atoms with Crippen LogP contribution in [0.3, 0.4) is 0 Å². The summed E-state index contributed by atoms with van der Waals surface area (Å²) in [5.41, 5.74) is 7.71. The van der Waals surface area contributed by atoms with Crippen molar-refractivity contribution in [2.24, 2.45) is 11.7 Å². The molecule has 0 aliphatic rings. The van der Waals surface area contributed by atoms with E-state index in [9.17, 15) is 9.18 Å². The molecule has 1 aromatic heterocycles. The molecule has 1 amide bonds. The van der Waals surface area contributed by atoms with Crippen molar-refractivity contribution in [2.45, 2.75) is 32.9 Å². The van der Waals surface area contributed by atoms with Crippen LogP contribution in [0, 0.1) is 11.7 Å². The third-order valence-corrected chi connectivity index (χ3v) is 4.14. The first kappa shape index (κ1) is 24.3. The minimum absolute atomic E-state index is 0. The van der Waals surface area contributed by atoms with Gasteiger partial charge in [-0.3, -0.25) is 9.78 Å². The summed E-state index contributed by atoms with van der Waals surface area (Å²) in [6.07, 6.45) is 2.41. The van der Waals surface area contributed by atoms with E-state index in [1.165, 1.54) is 12.1 Å². The maximum atomic E-state index is 13.1. The van der Waals surface area contributed by atoms with Gasteiger partial charge in [0, 0.05) is 37.4 Å². The Hall–Kier alpha value is -1.69. The molecule has 2 rings (SSSR count). The van der Waals surface area contributed by atoms with E-state index in [-0.39, 0.29) is 48.5 Å². The fraction of sp³-hybridized carbons (Fsp3) is 0.368. The molecular formula is C19H26Cl2FN3O. The molecule has 2 aromatic rings. The highest BCUT2D eigenvalue weighted by molar-refractivity contribution is 5.85. The van der Waals surface area contributed by atoms with Crippen molar-refractivity contribution >= 4 is 30.7 Å². The molecule has 0 aliphatic heterocycles. The molecule has 2 N–H and O–H groups in total. The number of hydrogen-bond acceptors (Lipinski definition) is 3. The van der Waals surface area contributed by atoms with Crippen molar-refractivity contribution < 1.29 is 9.18 Å². The van der Waals surface area contributed by atoms with Crippen molar-refractivity contribution in [3.05, 3.63) is 65.7 Å². The Labute approximate surface area is 166 Å². The van der Waals surface area contributed by atoms with Gasteiger partial charge >= 0.3 is 0 Å². The van der Waals surface area contributed by atoms with E-state index in [4.69, 9.17) is 5.73 Å². The van der Waals surface area contributed by atoms with Crippen LogP contribution in [0.2, 0.25) is 0 Å². The molecule has 0 saturated heterocycles. The third kappa shape index (κ3) is 7.28. The molecule has 0 spiro atoms. The number of nitrogens with two attached hydrogens (primary N) is 1. The number of carbonyl (C=O) groups is 1. The summed E-state index contributed by atoms with van der Waals surface area (Å²) in [6, 6.07) is 11.7. The van der Waals surface area contributed by atoms with Crippen molar-refractivity contribution in [2.75, 3.05) is 6.54 Å². The molecule has 26 heavy (non-hydrogen) atoms. The third-order valence-electron chi connectivity index (χ3n) is 4.14. The Morgan fingerprint density at radius 2 is 1.81 bits per heavy atom. The average molecular weight is 402 g/mol. The lowest BCUT2D eigenvalue weighted by Gasteiger charge is -2.27. The van der Waals surface area contributed by atoms with E-state index in [0.29, 0.717) is 19.5 Å². The first-order chi connectivity index (χ1) is 11.5. The maximum Gasteiger partial charge on any atom is 0.227 e. The maximum absolute atomic E-state index is 13.1.